The Bertz CT molecular complexity index is 364. The monoisotopic (exact) mass is 248 g/mol. The third-order valence-corrected chi connectivity index (χ3v) is 3.68. The van der Waals surface area contributed by atoms with Crippen molar-refractivity contribution in [1.82, 2.24) is 10.3 Å². The lowest BCUT2D eigenvalue weighted by atomic mass is 9.74. The van der Waals surface area contributed by atoms with Gasteiger partial charge in [0.15, 0.2) is 0 Å². The van der Waals surface area contributed by atoms with Crippen LogP contribution in [-0.4, -0.2) is 30.3 Å². The Balaban J connectivity index is 2.18. The summed E-state index contributed by atoms with van der Waals surface area (Å²) in [6.45, 7) is 9.32. The van der Waals surface area contributed by atoms with Crippen LogP contribution in [0.25, 0.3) is 0 Å². The Morgan fingerprint density at radius 3 is 2.61 bits per heavy atom. The van der Waals surface area contributed by atoms with Gasteiger partial charge in [-0.2, -0.15) is 0 Å². The number of ether oxygens (including phenoxy) is 1. The highest BCUT2D eigenvalue weighted by Crippen LogP contribution is 2.34. The quantitative estimate of drug-likeness (QED) is 0.892. The molecule has 0 unspecified atom stereocenters. The van der Waals surface area contributed by atoms with Crippen LogP contribution in [0.5, 0.6) is 0 Å². The van der Waals surface area contributed by atoms with Gasteiger partial charge in [-0.15, -0.1) is 0 Å². The number of hydrogen-bond acceptors (Lipinski definition) is 3. The van der Waals surface area contributed by atoms with Gasteiger partial charge in [-0.25, -0.2) is 0 Å². The van der Waals surface area contributed by atoms with E-state index in [2.05, 4.69) is 37.1 Å². The third-order valence-electron chi connectivity index (χ3n) is 3.68. The van der Waals surface area contributed by atoms with E-state index in [0.29, 0.717) is 0 Å². The highest BCUT2D eigenvalue weighted by molar-refractivity contribution is 5.23. The standard InChI is InChI=1S/C15H24N2O/c1-14(2,3)17-12-15(6-9-18-10-7-15)13-5-4-8-16-11-13/h4-5,8,11,17H,6-7,9-10,12H2,1-3H3. The molecular weight excluding hydrogens is 224 g/mol. The van der Waals surface area contributed by atoms with Crippen LogP contribution in [0.2, 0.25) is 0 Å². The third kappa shape index (κ3) is 3.30. The molecule has 1 aliphatic rings. The van der Waals surface area contributed by atoms with Crippen molar-refractivity contribution in [1.29, 1.82) is 0 Å². The lowest BCUT2D eigenvalue weighted by Crippen LogP contribution is -2.48. The van der Waals surface area contributed by atoms with Gasteiger partial charge in [0.1, 0.15) is 0 Å². The maximum Gasteiger partial charge on any atom is 0.0475 e. The molecule has 1 fully saturated rings. The minimum atomic E-state index is 0.146. The molecular formula is C15H24N2O. The topological polar surface area (TPSA) is 34.2 Å². The molecule has 0 aromatic carbocycles. The van der Waals surface area contributed by atoms with E-state index in [4.69, 9.17) is 4.74 Å². The molecule has 100 valence electrons. The number of hydrogen-bond donors (Lipinski definition) is 1. The molecule has 1 aliphatic heterocycles. The molecule has 0 atom stereocenters. The maximum atomic E-state index is 5.53. The fourth-order valence-corrected chi connectivity index (χ4v) is 2.44. The van der Waals surface area contributed by atoms with Gasteiger partial charge in [-0.1, -0.05) is 6.07 Å². The lowest BCUT2D eigenvalue weighted by molar-refractivity contribution is 0.0475. The molecule has 2 heterocycles. The number of nitrogens with zero attached hydrogens (tertiary/aromatic N) is 1. The van der Waals surface area contributed by atoms with Crippen molar-refractivity contribution < 1.29 is 4.74 Å². The second-order valence-corrected chi connectivity index (χ2v) is 6.24. The summed E-state index contributed by atoms with van der Waals surface area (Å²) in [6, 6.07) is 4.23. The summed E-state index contributed by atoms with van der Waals surface area (Å²) in [5, 5.41) is 3.65. The molecule has 2 rings (SSSR count). The van der Waals surface area contributed by atoms with Gasteiger partial charge < -0.3 is 10.1 Å². The van der Waals surface area contributed by atoms with Crippen molar-refractivity contribution in [2.75, 3.05) is 19.8 Å². The molecule has 1 saturated heterocycles. The number of rotatable bonds is 3. The second-order valence-electron chi connectivity index (χ2n) is 6.24. The van der Waals surface area contributed by atoms with Crippen LogP contribution < -0.4 is 5.32 Å². The first-order valence-electron chi connectivity index (χ1n) is 6.75. The minimum Gasteiger partial charge on any atom is -0.381 e. The first kappa shape index (κ1) is 13.5. The van der Waals surface area contributed by atoms with Crippen LogP contribution in [0.4, 0.5) is 0 Å². The van der Waals surface area contributed by atoms with E-state index in [9.17, 15) is 0 Å². The average molecular weight is 248 g/mol. The van der Waals surface area contributed by atoms with Gasteiger partial charge in [0, 0.05) is 43.1 Å². The zero-order valence-electron chi connectivity index (χ0n) is 11.7. The Morgan fingerprint density at radius 2 is 2.06 bits per heavy atom. The Kier molecular flexibility index (Phi) is 4.03. The summed E-state index contributed by atoms with van der Waals surface area (Å²) in [7, 11) is 0. The molecule has 0 aliphatic carbocycles. The second kappa shape index (κ2) is 5.37. The fraction of sp³-hybridized carbons (Fsp3) is 0.667. The van der Waals surface area contributed by atoms with Crippen LogP contribution in [0.1, 0.15) is 39.2 Å². The van der Waals surface area contributed by atoms with Gasteiger partial charge in [0.05, 0.1) is 0 Å². The predicted octanol–water partition coefficient (Wildman–Crippen LogP) is 2.52. The van der Waals surface area contributed by atoms with E-state index in [1.54, 1.807) is 0 Å². The fourth-order valence-electron chi connectivity index (χ4n) is 2.44. The van der Waals surface area contributed by atoms with Crippen molar-refractivity contribution in [3.05, 3.63) is 30.1 Å². The smallest absolute Gasteiger partial charge is 0.0475 e. The summed E-state index contributed by atoms with van der Waals surface area (Å²) in [5.74, 6) is 0. The summed E-state index contributed by atoms with van der Waals surface area (Å²) in [4.78, 5) is 4.28. The van der Waals surface area contributed by atoms with E-state index < -0.39 is 0 Å². The normalized spacial score (nSPS) is 19.7. The molecule has 3 heteroatoms. The summed E-state index contributed by atoms with van der Waals surface area (Å²) in [6.07, 6.45) is 5.99. The van der Waals surface area contributed by atoms with Gasteiger partial charge >= 0.3 is 0 Å². The zero-order chi connectivity index (χ0) is 13.1. The Hall–Kier alpha value is -0.930. The summed E-state index contributed by atoms with van der Waals surface area (Å²) in [5.41, 5.74) is 1.66. The molecule has 18 heavy (non-hydrogen) atoms. The minimum absolute atomic E-state index is 0.146. The number of pyridine rings is 1. The maximum absolute atomic E-state index is 5.53. The molecule has 1 N–H and O–H groups in total. The van der Waals surface area contributed by atoms with Crippen LogP contribution in [0, 0.1) is 0 Å². The van der Waals surface area contributed by atoms with Gasteiger partial charge in [0.25, 0.3) is 0 Å². The van der Waals surface area contributed by atoms with Gasteiger partial charge in [-0.3, -0.25) is 4.98 Å². The molecule has 0 spiro atoms. The first-order chi connectivity index (χ1) is 8.52. The van der Waals surface area contributed by atoms with E-state index in [-0.39, 0.29) is 11.0 Å². The molecule has 0 radical (unpaired) electrons. The predicted molar refractivity (Wildman–Crippen MR) is 73.7 cm³/mol. The van der Waals surface area contributed by atoms with E-state index in [1.807, 2.05) is 18.5 Å². The molecule has 0 saturated carbocycles. The highest BCUT2D eigenvalue weighted by atomic mass is 16.5. The molecule has 1 aromatic heterocycles. The van der Waals surface area contributed by atoms with Crippen LogP contribution in [-0.2, 0) is 10.2 Å². The molecule has 0 bridgehead atoms. The van der Waals surface area contributed by atoms with Crippen LogP contribution >= 0.6 is 0 Å². The van der Waals surface area contributed by atoms with Gasteiger partial charge in [-0.05, 0) is 45.2 Å². The molecule has 3 nitrogen and oxygen atoms in total. The Morgan fingerprint density at radius 1 is 1.33 bits per heavy atom. The van der Waals surface area contributed by atoms with E-state index in [0.717, 1.165) is 32.6 Å². The summed E-state index contributed by atoms with van der Waals surface area (Å²) < 4.78 is 5.53. The average Bonchev–Trinajstić information content (AvgIpc) is 2.38. The number of nitrogens with one attached hydrogen (secondary N) is 1. The molecule has 0 amide bonds. The van der Waals surface area contributed by atoms with Crippen molar-refractivity contribution in [3.8, 4) is 0 Å². The SMILES string of the molecule is CC(C)(C)NCC1(c2cccnc2)CCOCC1. The van der Waals surface area contributed by atoms with Crippen molar-refractivity contribution in [2.24, 2.45) is 0 Å². The van der Waals surface area contributed by atoms with E-state index >= 15 is 0 Å². The van der Waals surface area contributed by atoms with Crippen LogP contribution in [0.15, 0.2) is 24.5 Å². The largest absolute Gasteiger partial charge is 0.381 e. The van der Waals surface area contributed by atoms with Crippen LogP contribution in [0.3, 0.4) is 0 Å². The molecule has 1 aromatic rings. The van der Waals surface area contributed by atoms with Gasteiger partial charge in [0.2, 0.25) is 0 Å². The summed E-state index contributed by atoms with van der Waals surface area (Å²) >= 11 is 0. The van der Waals surface area contributed by atoms with Crippen molar-refractivity contribution in [3.63, 3.8) is 0 Å². The zero-order valence-corrected chi connectivity index (χ0v) is 11.7. The van der Waals surface area contributed by atoms with E-state index in [1.165, 1.54) is 5.56 Å². The highest BCUT2D eigenvalue weighted by Gasteiger charge is 2.35. The van der Waals surface area contributed by atoms with Crippen molar-refractivity contribution in [2.45, 2.75) is 44.6 Å². The first-order valence-corrected chi connectivity index (χ1v) is 6.75. The lowest BCUT2D eigenvalue weighted by Gasteiger charge is -2.39. The number of aromatic nitrogens is 1. The van der Waals surface area contributed by atoms with Crippen molar-refractivity contribution >= 4 is 0 Å². The Labute approximate surface area is 110 Å².